The molecule has 0 bridgehead atoms. The first kappa shape index (κ1) is 21.4. The summed E-state index contributed by atoms with van der Waals surface area (Å²) in [6.07, 6.45) is 7.89. The summed E-state index contributed by atoms with van der Waals surface area (Å²) < 4.78 is 11.3. The van der Waals surface area contributed by atoms with Gasteiger partial charge in [-0.25, -0.2) is 4.79 Å². The van der Waals surface area contributed by atoms with Crippen molar-refractivity contribution in [2.24, 2.45) is 5.92 Å². The highest BCUT2D eigenvalue weighted by Crippen LogP contribution is 2.33. The number of hydrogen-bond donors (Lipinski definition) is 0. The van der Waals surface area contributed by atoms with E-state index in [1.165, 1.54) is 10.8 Å². The van der Waals surface area contributed by atoms with Gasteiger partial charge in [-0.3, -0.25) is 0 Å². The molecule has 0 spiro atoms. The number of carbonyl (C=O) groups excluding carboxylic acids is 1. The van der Waals surface area contributed by atoms with Gasteiger partial charge >= 0.3 is 6.09 Å². The molecule has 4 rings (SSSR count). The quantitative estimate of drug-likeness (QED) is 0.477. The minimum Gasteiger partial charge on any atom is -0.444 e. The zero-order valence-electron chi connectivity index (χ0n) is 19.0. The number of benzene rings is 2. The molecule has 5 nitrogen and oxygen atoms in total. The summed E-state index contributed by atoms with van der Waals surface area (Å²) in [6, 6.07) is 10.6. The van der Waals surface area contributed by atoms with E-state index in [-0.39, 0.29) is 6.09 Å². The van der Waals surface area contributed by atoms with Crippen LogP contribution in [0, 0.1) is 5.92 Å². The number of aryl methyl sites for hydroxylation is 1. The summed E-state index contributed by atoms with van der Waals surface area (Å²) in [5.41, 5.74) is 2.55. The van der Waals surface area contributed by atoms with E-state index in [4.69, 9.17) is 9.26 Å². The molecule has 0 unspecified atom stereocenters. The summed E-state index contributed by atoms with van der Waals surface area (Å²) in [6.45, 7) is 9.26. The fourth-order valence-corrected chi connectivity index (χ4v) is 4.40. The number of ether oxygens (including phenoxy) is 1. The number of aromatic nitrogens is 1. The van der Waals surface area contributed by atoms with E-state index in [0.717, 1.165) is 61.0 Å². The average Bonchev–Trinajstić information content (AvgIpc) is 3.14. The monoisotopic (exact) mass is 420 g/mol. The van der Waals surface area contributed by atoms with Crippen LogP contribution in [-0.4, -0.2) is 34.8 Å². The van der Waals surface area contributed by atoms with Crippen LogP contribution in [-0.2, 0) is 11.2 Å². The first-order chi connectivity index (χ1) is 14.9. The van der Waals surface area contributed by atoms with Crippen molar-refractivity contribution in [2.75, 3.05) is 13.1 Å². The second-order valence-electron chi connectivity index (χ2n) is 9.47. The third-order valence-electron chi connectivity index (χ3n) is 5.99. The first-order valence-electron chi connectivity index (χ1n) is 11.3. The Bertz CT molecular complexity index is 1100. The van der Waals surface area contributed by atoms with Gasteiger partial charge in [0.15, 0.2) is 5.58 Å². The van der Waals surface area contributed by atoms with Crippen LogP contribution in [0.4, 0.5) is 4.79 Å². The number of rotatable bonds is 4. The van der Waals surface area contributed by atoms with Gasteiger partial charge in [0.1, 0.15) is 5.60 Å². The first-order valence-corrected chi connectivity index (χ1v) is 11.3. The standard InChI is InChI=1S/C26H32N2O3/c1-5-8-21-20-10-7-6-9-19(20)17-22-23(27-31-24(21)22)12-11-18-13-15-28(16-14-18)25(29)30-26(2,3)4/h5-10,17-18H,11-16H2,1-4H3. The Kier molecular flexibility index (Phi) is 6.03. The SMILES string of the molecule is CC=Cc1c2ccccc2cc2c(CCC3CCN(C(=O)OC(C)(C)C)CC3)noc12. The molecular formula is C26H32N2O3. The molecule has 0 N–H and O–H groups in total. The van der Waals surface area contributed by atoms with Crippen LogP contribution in [0.15, 0.2) is 40.9 Å². The molecule has 1 fully saturated rings. The number of allylic oxidation sites excluding steroid dienone is 1. The Morgan fingerprint density at radius 2 is 1.97 bits per heavy atom. The van der Waals surface area contributed by atoms with Crippen molar-refractivity contribution in [1.82, 2.24) is 10.1 Å². The molecule has 0 radical (unpaired) electrons. The molecular weight excluding hydrogens is 388 g/mol. The van der Waals surface area contributed by atoms with Crippen LogP contribution in [0.5, 0.6) is 0 Å². The van der Waals surface area contributed by atoms with Crippen LogP contribution < -0.4 is 0 Å². The third kappa shape index (κ3) is 4.76. The van der Waals surface area contributed by atoms with Crippen LogP contribution >= 0.6 is 0 Å². The Morgan fingerprint density at radius 3 is 2.68 bits per heavy atom. The smallest absolute Gasteiger partial charge is 0.410 e. The minimum atomic E-state index is -0.446. The molecule has 1 saturated heterocycles. The summed E-state index contributed by atoms with van der Waals surface area (Å²) in [5, 5.41) is 7.94. The lowest BCUT2D eigenvalue weighted by Crippen LogP contribution is -2.41. The Hall–Kier alpha value is -2.82. The van der Waals surface area contributed by atoms with Gasteiger partial charge in [-0.15, -0.1) is 0 Å². The minimum absolute atomic E-state index is 0.197. The highest BCUT2D eigenvalue weighted by atomic mass is 16.6. The largest absolute Gasteiger partial charge is 0.444 e. The topological polar surface area (TPSA) is 55.6 Å². The van der Waals surface area contributed by atoms with Crippen molar-refractivity contribution in [1.29, 1.82) is 0 Å². The maximum absolute atomic E-state index is 12.3. The van der Waals surface area contributed by atoms with Crippen LogP contribution in [0.3, 0.4) is 0 Å². The maximum Gasteiger partial charge on any atom is 0.410 e. The van der Waals surface area contributed by atoms with Crippen molar-refractivity contribution < 1.29 is 14.1 Å². The van der Waals surface area contributed by atoms with Crippen LogP contribution in [0.1, 0.15) is 58.2 Å². The normalized spacial score (nSPS) is 15.9. The Balaban J connectivity index is 1.44. The molecule has 31 heavy (non-hydrogen) atoms. The van der Waals surface area contributed by atoms with E-state index in [1.54, 1.807) is 0 Å². The maximum atomic E-state index is 12.3. The summed E-state index contributed by atoms with van der Waals surface area (Å²) in [5.74, 6) is 0.584. The van der Waals surface area contributed by atoms with Gasteiger partial charge in [-0.05, 0) is 76.1 Å². The van der Waals surface area contributed by atoms with E-state index in [0.29, 0.717) is 5.92 Å². The van der Waals surface area contributed by atoms with Gasteiger partial charge in [0, 0.05) is 24.0 Å². The lowest BCUT2D eigenvalue weighted by Gasteiger charge is -2.33. The number of hydrogen-bond acceptors (Lipinski definition) is 4. The Morgan fingerprint density at radius 1 is 1.23 bits per heavy atom. The van der Waals surface area contributed by atoms with E-state index in [1.807, 2.05) is 38.7 Å². The molecule has 0 aliphatic carbocycles. The van der Waals surface area contributed by atoms with Crippen LogP contribution in [0.25, 0.3) is 27.8 Å². The number of fused-ring (bicyclic) bond motifs is 2. The molecule has 1 aliphatic heterocycles. The number of likely N-dealkylation sites (tertiary alicyclic amines) is 1. The summed E-state index contributed by atoms with van der Waals surface area (Å²) >= 11 is 0. The molecule has 2 heterocycles. The van der Waals surface area contributed by atoms with Crippen molar-refractivity contribution in [3.05, 3.63) is 47.7 Å². The van der Waals surface area contributed by atoms with Crippen LogP contribution in [0.2, 0.25) is 0 Å². The highest BCUT2D eigenvalue weighted by molar-refractivity contribution is 6.05. The van der Waals surface area contributed by atoms with E-state index in [9.17, 15) is 4.79 Å². The number of nitrogens with zero attached hydrogens (tertiary/aromatic N) is 2. The van der Waals surface area contributed by atoms with E-state index >= 15 is 0 Å². The fourth-order valence-electron chi connectivity index (χ4n) is 4.40. The zero-order valence-corrected chi connectivity index (χ0v) is 19.0. The lowest BCUT2D eigenvalue weighted by molar-refractivity contribution is 0.0181. The molecule has 3 aromatic rings. The zero-order chi connectivity index (χ0) is 22.0. The fraction of sp³-hybridized carbons (Fsp3) is 0.462. The molecule has 0 atom stereocenters. The van der Waals surface area contributed by atoms with Gasteiger partial charge in [-0.2, -0.15) is 0 Å². The van der Waals surface area contributed by atoms with Gasteiger partial charge in [0.2, 0.25) is 0 Å². The Labute approximate surface area is 184 Å². The number of carbonyl (C=O) groups is 1. The van der Waals surface area contributed by atoms with Crippen molar-refractivity contribution >= 4 is 33.9 Å². The second kappa shape index (κ2) is 8.74. The molecule has 164 valence electrons. The second-order valence-corrected chi connectivity index (χ2v) is 9.47. The lowest BCUT2D eigenvalue weighted by atomic mass is 9.91. The van der Waals surface area contributed by atoms with Gasteiger partial charge in [0.25, 0.3) is 0 Å². The summed E-state index contributed by atoms with van der Waals surface area (Å²) in [7, 11) is 0. The highest BCUT2D eigenvalue weighted by Gasteiger charge is 2.27. The summed E-state index contributed by atoms with van der Waals surface area (Å²) in [4.78, 5) is 14.1. The predicted octanol–water partition coefficient (Wildman–Crippen LogP) is 6.59. The molecule has 1 aromatic heterocycles. The third-order valence-corrected chi connectivity index (χ3v) is 5.99. The van der Waals surface area contributed by atoms with E-state index in [2.05, 4.69) is 41.6 Å². The van der Waals surface area contributed by atoms with Crippen molar-refractivity contribution in [3.63, 3.8) is 0 Å². The predicted molar refractivity (Wildman–Crippen MR) is 125 cm³/mol. The number of amides is 1. The number of piperidine rings is 1. The van der Waals surface area contributed by atoms with Gasteiger partial charge in [-0.1, -0.05) is 41.6 Å². The van der Waals surface area contributed by atoms with Crippen molar-refractivity contribution in [3.8, 4) is 0 Å². The van der Waals surface area contributed by atoms with Gasteiger partial charge < -0.3 is 14.2 Å². The van der Waals surface area contributed by atoms with E-state index < -0.39 is 5.60 Å². The molecule has 1 aliphatic rings. The average molecular weight is 421 g/mol. The molecule has 0 saturated carbocycles. The molecule has 1 amide bonds. The molecule has 5 heteroatoms. The van der Waals surface area contributed by atoms with Gasteiger partial charge in [0.05, 0.1) is 5.69 Å². The van der Waals surface area contributed by atoms with Crippen molar-refractivity contribution in [2.45, 2.75) is 59.0 Å². The molecule has 2 aromatic carbocycles.